The van der Waals surface area contributed by atoms with Gasteiger partial charge in [-0.1, -0.05) is 12.1 Å². The highest BCUT2D eigenvalue weighted by Gasteiger charge is 2.29. The average molecular weight is 336 g/mol. The minimum Gasteiger partial charge on any atom is -0.341 e. The van der Waals surface area contributed by atoms with Gasteiger partial charge in [-0.15, -0.1) is 0 Å². The highest BCUT2D eigenvalue weighted by atomic mass is 19.1. The van der Waals surface area contributed by atoms with Crippen LogP contribution in [-0.2, 0) is 4.79 Å². The van der Waals surface area contributed by atoms with E-state index in [1.807, 2.05) is 4.90 Å². The monoisotopic (exact) mass is 336 g/mol. The van der Waals surface area contributed by atoms with Gasteiger partial charge in [-0.3, -0.25) is 19.8 Å². The van der Waals surface area contributed by atoms with Crippen LogP contribution < -0.4 is 10.6 Å². The molecule has 2 rings (SSSR count). The van der Waals surface area contributed by atoms with Crippen molar-refractivity contribution in [3.63, 3.8) is 0 Å². The molecule has 1 aromatic rings. The quantitative estimate of drug-likeness (QED) is 0.839. The standard InChI is InChI=1S/C16H21FN4O3/c1-11(14(22)19-16(24)18-2)20-7-9-21(10-8-20)15(23)12-5-3-4-6-13(12)17/h3-6,11H,7-10H2,1-2H3,(H2,18,19,22,24). The normalized spacial score (nSPS) is 16.4. The number of carbonyl (C=O) groups excluding carboxylic acids is 3. The molecule has 1 aliphatic rings. The SMILES string of the molecule is CNC(=O)NC(=O)C(C)N1CCN(C(=O)c2ccccc2F)CC1. The van der Waals surface area contributed by atoms with Crippen molar-refractivity contribution in [2.45, 2.75) is 13.0 Å². The van der Waals surface area contributed by atoms with Crippen molar-refractivity contribution >= 4 is 17.8 Å². The number of hydrogen-bond acceptors (Lipinski definition) is 4. The van der Waals surface area contributed by atoms with E-state index in [9.17, 15) is 18.8 Å². The minimum atomic E-state index is -0.555. The van der Waals surface area contributed by atoms with E-state index in [0.717, 1.165) is 0 Å². The van der Waals surface area contributed by atoms with Crippen LogP contribution in [0.5, 0.6) is 0 Å². The fourth-order valence-electron chi connectivity index (χ4n) is 2.56. The Morgan fingerprint density at radius 3 is 2.33 bits per heavy atom. The molecule has 24 heavy (non-hydrogen) atoms. The van der Waals surface area contributed by atoms with Crippen LogP contribution in [0.4, 0.5) is 9.18 Å². The van der Waals surface area contributed by atoms with Gasteiger partial charge in [-0.25, -0.2) is 9.18 Å². The summed E-state index contributed by atoms with van der Waals surface area (Å²) in [5.41, 5.74) is 0.0522. The van der Waals surface area contributed by atoms with Gasteiger partial charge in [0.05, 0.1) is 11.6 Å². The molecule has 1 atom stereocenters. The Labute approximate surface area is 139 Å². The van der Waals surface area contributed by atoms with Crippen LogP contribution in [0.3, 0.4) is 0 Å². The zero-order chi connectivity index (χ0) is 17.7. The fourth-order valence-corrected chi connectivity index (χ4v) is 2.56. The highest BCUT2D eigenvalue weighted by molar-refractivity contribution is 5.97. The zero-order valence-electron chi connectivity index (χ0n) is 13.7. The zero-order valence-corrected chi connectivity index (χ0v) is 13.7. The maximum atomic E-state index is 13.7. The Bertz CT molecular complexity index is 630. The smallest absolute Gasteiger partial charge is 0.321 e. The molecule has 2 N–H and O–H groups in total. The third-order valence-electron chi connectivity index (χ3n) is 4.10. The van der Waals surface area contributed by atoms with Gasteiger partial charge in [0.1, 0.15) is 5.82 Å². The molecular formula is C16H21FN4O3. The molecule has 0 aliphatic carbocycles. The molecule has 4 amide bonds. The Morgan fingerprint density at radius 1 is 1.12 bits per heavy atom. The summed E-state index contributed by atoms with van der Waals surface area (Å²) in [4.78, 5) is 38.9. The van der Waals surface area contributed by atoms with Crippen molar-refractivity contribution in [1.82, 2.24) is 20.4 Å². The van der Waals surface area contributed by atoms with Crippen molar-refractivity contribution in [2.24, 2.45) is 0 Å². The number of carbonyl (C=O) groups is 3. The summed E-state index contributed by atoms with van der Waals surface area (Å²) in [6.45, 7) is 3.44. The molecular weight excluding hydrogens is 315 g/mol. The molecule has 1 aliphatic heterocycles. The maximum absolute atomic E-state index is 13.7. The molecule has 1 saturated heterocycles. The molecule has 7 nitrogen and oxygen atoms in total. The van der Waals surface area contributed by atoms with Gasteiger partial charge in [0.15, 0.2) is 0 Å². The lowest BCUT2D eigenvalue weighted by Gasteiger charge is -2.37. The third kappa shape index (κ3) is 4.08. The molecule has 8 heteroatoms. The van der Waals surface area contributed by atoms with Gasteiger partial charge < -0.3 is 10.2 Å². The van der Waals surface area contributed by atoms with Gasteiger partial charge in [0.25, 0.3) is 5.91 Å². The molecule has 1 unspecified atom stereocenters. The summed E-state index contributed by atoms with van der Waals surface area (Å²) in [5.74, 6) is -1.29. The van der Waals surface area contributed by atoms with Gasteiger partial charge in [0, 0.05) is 33.2 Å². The number of hydrogen-bond donors (Lipinski definition) is 2. The highest BCUT2D eigenvalue weighted by Crippen LogP contribution is 2.13. The topological polar surface area (TPSA) is 81.8 Å². The Kier molecular flexibility index (Phi) is 5.86. The maximum Gasteiger partial charge on any atom is 0.321 e. The predicted octanol–water partition coefficient (Wildman–Crippen LogP) is 0.428. The number of nitrogens with zero attached hydrogens (tertiary/aromatic N) is 2. The first-order valence-corrected chi connectivity index (χ1v) is 7.74. The van der Waals surface area contributed by atoms with Crippen molar-refractivity contribution in [1.29, 1.82) is 0 Å². The molecule has 1 heterocycles. The van der Waals surface area contributed by atoms with E-state index in [2.05, 4.69) is 10.6 Å². The first-order chi connectivity index (χ1) is 11.4. The molecule has 0 spiro atoms. The number of urea groups is 1. The van der Waals surface area contributed by atoms with Crippen LogP contribution in [0.15, 0.2) is 24.3 Å². The molecule has 0 saturated carbocycles. The van der Waals surface area contributed by atoms with Crippen molar-refractivity contribution in [3.8, 4) is 0 Å². The molecule has 130 valence electrons. The summed E-state index contributed by atoms with van der Waals surface area (Å²) in [5, 5.41) is 4.55. The molecule has 1 aromatic carbocycles. The first kappa shape index (κ1) is 17.9. The van der Waals surface area contributed by atoms with Crippen LogP contribution in [0.25, 0.3) is 0 Å². The number of halogens is 1. The second kappa shape index (κ2) is 7.87. The molecule has 0 bridgehead atoms. The van der Waals surface area contributed by atoms with E-state index in [0.29, 0.717) is 26.2 Å². The largest absolute Gasteiger partial charge is 0.341 e. The Morgan fingerprint density at radius 2 is 1.75 bits per heavy atom. The summed E-state index contributed by atoms with van der Waals surface area (Å²) in [6, 6.07) is 4.83. The summed E-state index contributed by atoms with van der Waals surface area (Å²) < 4.78 is 13.7. The predicted molar refractivity (Wildman–Crippen MR) is 85.9 cm³/mol. The second-order valence-electron chi connectivity index (χ2n) is 5.55. The second-order valence-corrected chi connectivity index (χ2v) is 5.55. The molecule has 0 aromatic heterocycles. The lowest BCUT2D eigenvalue weighted by molar-refractivity contribution is -0.125. The number of rotatable bonds is 3. The van der Waals surface area contributed by atoms with Crippen LogP contribution in [-0.4, -0.2) is 66.9 Å². The van der Waals surface area contributed by atoms with Crippen LogP contribution in [0.1, 0.15) is 17.3 Å². The van der Waals surface area contributed by atoms with Gasteiger partial charge >= 0.3 is 6.03 Å². The lowest BCUT2D eigenvalue weighted by atomic mass is 10.1. The Balaban J connectivity index is 1.91. The molecule has 0 radical (unpaired) electrons. The van der Waals surface area contributed by atoms with Crippen LogP contribution in [0.2, 0.25) is 0 Å². The van der Waals surface area contributed by atoms with E-state index < -0.39 is 23.8 Å². The van der Waals surface area contributed by atoms with E-state index in [1.165, 1.54) is 25.2 Å². The van der Waals surface area contributed by atoms with E-state index in [-0.39, 0.29) is 11.5 Å². The third-order valence-corrected chi connectivity index (χ3v) is 4.10. The van der Waals surface area contributed by atoms with Crippen molar-refractivity contribution < 1.29 is 18.8 Å². The summed E-state index contributed by atoms with van der Waals surface area (Å²) >= 11 is 0. The van der Waals surface area contributed by atoms with Gasteiger partial charge in [0.2, 0.25) is 5.91 Å². The summed E-state index contributed by atoms with van der Waals surface area (Å²) in [6.07, 6.45) is 0. The first-order valence-electron chi connectivity index (χ1n) is 7.74. The van der Waals surface area contributed by atoms with Crippen LogP contribution in [0, 0.1) is 5.82 Å². The average Bonchev–Trinajstić information content (AvgIpc) is 2.60. The van der Waals surface area contributed by atoms with Gasteiger partial charge in [-0.2, -0.15) is 0 Å². The number of amides is 4. The fraction of sp³-hybridized carbons (Fsp3) is 0.438. The van der Waals surface area contributed by atoms with Crippen molar-refractivity contribution in [2.75, 3.05) is 33.2 Å². The van der Waals surface area contributed by atoms with Gasteiger partial charge in [-0.05, 0) is 19.1 Å². The summed E-state index contributed by atoms with van der Waals surface area (Å²) in [7, 11) is 1.43. The number of benzene rings is 1. The number of nitrogens with one attached hydrogen (secondary N) is 2. The van der Waals surface area contributed by atoms with E-state index in [1.54, 1.807) is 17.9 Å². The van der Waals surface area contributed by atoms with E-state index >= 15 is 0 Å². The van der Waals surface area contributed by atoms with E-state index in [4.69, 9.17) is 0 Å². The molecule has 1 fully saturated rings. The Hall–Kier alpha value is -2.48. The minimum absolute atomic E-state index is 0.0522. The lowest BCUT2D eigenvalue weighted by Crippen LogP contribution is -2.56. The van der Waals surface area contributed by atoms with Crippen molar-refractivity contribution in [3.05, 3.63) is 35.6 Å². The van der Waals surface area contributed by atoms with Crippen LogP contribution >= 0.6 is 0 Å². The number of piperazine rings is 1. The number of imide groups is 1.